The number of halogens is 3. The molecule has 2 saturated heterocycles. The third-order valence-corrected chi connectivity index (χ3v) is 8.79. The monoisotopic (exact) mass is 608 g/mol. The van der Waals surface area contributed by atoms with E-state index in [4.69, 9.17) is 9.73 Å². The van der Waals surface area contributed by atoms with Crippen molar-refractivity contribution in [2.45, 2.75) is 56.7 Å². The molecule has 0 aliphatic carbocycles. The van der Waals surface area contributed by atoms with Crippen LogP contribution in [-0.4, -0.2) is 63.9 Å². The summed E-state index contributed by atoms with van der Waals surface area (Å²) < 4.78 is 36.4. The van der Waals surface area contributed by atoms with Crippen molar-refractivity contribution in [2.24, 2.45) is 10.9 Å². The number of amidine groups is 1. The van der Waals surface area contributed by atoms with Gasteiger partial charge in [0.05, 0.1) is 18.2 Å². The van der Waals surface area contributed by atoms with Crippen molar-refractivity contribution in [2.75, 3.05) is 13.2 Å². The van der Waals surface area contributed by atoms with Crippen LogP contribution in [0.25, 0.3) is 0 Å². The van der Waals surface area contributed by atoms with Crippen molar-refractivity contribution in [3.05, 3.63) is 62.2 Å². The molecule has 0 unspecified atom stereocenters. The van der Waals surface area contributed by atoms with E-state index in [1.54, 1.807) is 18.0 Å². The molecule has 1 aromatic carbocycles. The number of thiazole rings is 1. The molecular weight excluding hydrogens is 582 g/mol. The second-order valence-electron chi connectivity index (χ2n) is 9.72. The molecule has 0 saturated carbocycles. The largest absolute Gasteiger partial charge is 0.481 e. The van der Waals surface area contributed by atoms with Gasteiger partial charge in [-0.15, -0.1) is 11.3 Å². The minimum absolute atomic E-state index is 0.0458. The number of alkyl halides is 2. The fourth-order valence-corrected chi connectivity index (χ4v) is 6.85. The van der Waals surface area contributed by atoms with E-state index in [9.17, 15) is 14.7 Å². The lowest BCUT2D eigenvalue weighted by atomic mass is 9.87. The van der Waals surface area contributed by atoms with Crippen LogP contribution in [0.15, 0.2) is 56.6 Å². The summed E-state index contributed by atoms with van der Waals surface area (Å²) in [6.45, 7) is 1.90. The first-order chi connectivity index (χ1) is 18.2. The average Bonchev–Trinajstić information content (AvgIpc) is 3.43. The van der Waals surface area contributed by atoms with Crippen molar-refractivity contribution < 1.29 is 28.2 Å². The van der Waals surface area contributed by atoms with Gasteiger partial charge in [-0.3, -0.25) is 14.7 Å². The number of benzene rings is 1. The lowest BCUT2D eigenvalue weighted by Gasteiger charge is -2.40. The molecule has 4 atom stereocenters. The maximum atomic E-state index is 15.1. The van der Waals surface area contributed by atoms with Crippen LogP contribution < -0.4 is 5.32 Å². The number of carboxylic acid groups (broad SMARTS) is 1. The summed E-state index contributed by atoms with van der Waals surface area (Å²) in [6, 6.07) is 5.04. The Morgan fingerprint density at radius 1 is 1.32 bits per heavy atom. The van der Waals surface area contributed by atoms with Gasteiger partial charge in [0.15, 0.2) is 10.8 Å². The third-order valence-electron chi connectivity index (χ3n) is 7.29. The zero-order valence-corrected chi connectivity index (χ0v) is 23.0. The van der Waals surface area contributed by atoms with Crippen LogP contribution in [0.4, 0.5) is 8.78 Å². The van der Waals surface area contributed by atoms with Gasteiger partial charge in [-0.2, -0.15) is 0 Å². The summed E-state index contributed by atoms with van der Waals surface area (Å²) in [5, 5.41) is 14.9. The highest BCUT2D eigenvalue weighted by molar-refractivity contribution is 9.10. The number of rotatable bonds is 8. The number of ether oxygens (including phenoxy) is 1. The molecular formula is C26H27BrF2N4O4S. The lowest BCUT2D eigenvalue weighted by Crippen LogP contribution is -2.50. The van der Waals surface area contributed by atoms with E-state index in [1.165, 1.54) is 11.3 Å². The smallest absolute Gasteiger partial charge is 0.338 e. The zero-order chi connectivity index (χ0) is 27.0. The first kappa shape index (κ1) is 26.9. The number of aliphatic carboxylic acids is 1. The maximum Gasteiger partial charge on any atom is 0.338 e. The van der Waals surface area contributed by atoms with Gasteiger partial charge in [0.2, 0.25) is 0 Å². The Bertz CT molecular complexity index is 1290. The van der Waals surface area contributed by atoms with Crippen LogP contribution in [0.5, 0.6) is 0 Å². The molecule has 3 aliphatic rings. The molecule has 3 aliphatic heterocycles. The van der Waals surface area contributed by atoms with Crippen molar-refractivity contribution in [1.82, 2.24) is 15.2 Å². The normalized spacial score (nSPS) is 26.6. The van der Waals surface area contributed by atoms with Crippen LogP contribution in [-0.2, 0) is 14.3 Å². The third kappa shape index (κ3) is 5.26. The Hall–Kier alpha value is -2.70. The predicted molar refractivity (Wildman–Crippen MR) is 141 cm³/mol. The second-order valence-corrected chi connectivity index (χ2v) is 11.5. The van der Waals surface area contributed by atoms with Crippen LogP contribution in [0.3, 0.4) is 0 Å². The first-order valence-corrected chi connectivity index (χ1v) is 14.1. The molecule has 5 rings (SSSR count). The highest BCUT2D eigenvalue weighted by atomic mass is 79.9. The zero-order valence-electron chi connectivity index (χ0n) is 20.6. The number of nitrogens with zero attached hydrogens (tertiary/aromatic N) is 3. The summed E-state index contributed by atoms with van der Waals surface area (Å²) in [4.78, 5) is 35.6. The van der Waals surface area contributed by atoms with Gasteiger partial charge < -0.3 is 15.2 Å². The molecule has 2 aromatic rings. The highest BCUT2D eigenvalue weighted by Crippen LogP contribution is 2.49. The number of hydrogen-bond donors (Lipinski definition) is 2. The second kappa shape index (κ2) is 10.8. The molecule has 4 heterocycles. The SMILES string of the molecule is CCOC(=O)C1=C(CN2[C@@H]3C[C@H](CC(=O)O)C[C@H]2C(F)(F)C3)NC(c2nccs2)=N[C@H]1c1ccccc1Br. The van der Waals surface area contributed by atoms with Crippen LogP contribution in [0.1, 0.15) is 49.2 Å². The lowest BCUT2D eigenvalue weighted by molar-refractivity contribution is -0.140. The minimum Gasteiger partial charge on any atom is -0.481 e. The number of carbonyl (C=O) groups is 2. The number of hydrogen-bond acceptors (Lipinski definition) is 8. The maximum absolute atomic E-state index is 15.1. The van der Waals surface area contributed by atoms with Crippen molar-refractivity contribution in [3.8, 4) is 0 Å². The molecule has 12 heteroatoms. The number of aliphatic imine (C=N–C) groups is 1. The van der Waals surface area contributed by atoms with Gasteiger partial charge in [-0.1, -0.05) is 34.1 Å². The van der Waals surface area contributed by atoms with Gasteiger partial charge in [-0.25, -0.2) is 18.6 Å². The molecule has 2 N–H and O–H groups in total. The Morgan fingerprint density at radius 2 is 2.11 bits per heavy atom. The minimum atomic E-state index is -2.95. The number of piperidine rings is 1. The predicted octanol–water partition coefficient (Wildman–Crippen LogP) is 4.78. The highest BCUT2D eigenvalue weighted by Gasteiger charge is 2.57. The van der Waals surface area contributed by atoms with Crippen molar-refractivity contribution >= 4 is 45.0 Å². The number of nitrogens with one attached hydrogen (secondary N) is 1. The number of fused-ring (bicyclic) bond motifs is 2. The molecule has 38 heavy (non-hydrogen) atoms. The number of esters is 1. The van der Waals surface area contributed by atoms with Crippen LogP contribution in [0.2, 0.25) is 0 Å². The van der Waals surface area contributed by atoms with E-state index in [2.05, 4.69) is 26.2 Å². The van der Waals surface area contributed by atoms with Gasteiger partial charge in [0, 0.05) is 47.2 Å². The number of carbonyl (C=O) groups excluding carboxylic acids is 1. The number of aromatic nitrogens is 1. The summed E-state index contributed by atoms with van der Waals surface area (Å²) in [5.41, 5.74) is 1.43. The van der Waals surface area contributed by atoms with Gasteiger partial charge in [-0.05, 0) is 37.3 Å². The van der Waals surface area contributed by atoms with Gasteiger partial charge in [0.1, 0.15) is 6.04 Å². The van der Waals surface area contributed by atoms with Gasteiger partial charge >= 0.3 is 11.9 Å². The summed E-state index contributed by atoms with van der Waals surface area (Å²) >= 11 is 4.94. The van der Waals surface area contributed by atoms with Crippen molar-refractivity contribution in [3.63, 3.8) is 0 Å². The topological polar surface area (TPSA) is 104 Å². The molecule has 1 aromatic heterocycles. The van der Waals surface area contributed by atoms with Crippen molar-refractivity contribution in [1.29, 1.82) is 0 Å². The van der Waals surface area contributed by atoms with Gasteiger partial charge in [0.25, 0.3) is 5.92 Å². The molecule has 2 fully saturated rings. The summed E-state index contributed by atoms with van der Waals surface area (Å²) in [6.07, 6.45) is 1.63. The van der Waals surface area contributed by atoms with E-state index in [-0.39, 0.29) is 43.9 Å². The number of carboxylic acids is 1. The van der Waals surface area contributed by atoms with E-state index in [0.717, 1.165) is 10.0 Å². The Kier molecular flexibility index (Phi) is 7.65. The average molecular weight is 609 g/mol. The summed E-state index contributed by atoms with van der Waals surface area (Å²) in [5.74, 6) is -4.37. The molecule has 0 spiro atoms. The van der Waals surface area contributed by atoms with E-state index in [1.807, 2.05) is 29.6 Å². The standard InChI is InChI=1S/C26H27BrF2N4O4S/c1-2-37-25(36)21-18(13-33-15-9-14(11-20(34)35)10-19(33)26(28,29)12-15)31-23(24-30-7-8-38-24)32-22(21)16-5-3-4-6-17(16)27/h3-8,14-15,19,22H,2,9-13H2,1H3,(H,31,32)(H,34,35)/t14-,15+,19-,22-/m0/s1. The fraction of sp³-hybridized carbons (Fsp3) is 0.462. The fourth-order valence-electron chi connectivity index (χ4n) is 5.76. The molecule has 8 nitrogen and oxygen atoms in total. The van der Waals surface area contributed by atoms with E-state index in [0.29, 0.717) is 23.0 Å². The van der Waals surface area contributed by atoms with E-state index < -0.39 is 36.0 Å². The Labute approximate surface area is 230 Å². The molecule has 0 radical (unpaired) electrons. The first-order valence-electron chi connectivity index (χ1n) is 12.4. The quantitative estimate of drug-likeness (QED) is 0.416. The van der Waals surface area contributed by atoms with E-state index >= 15 is 8.78 Å². The Balaban J connectivity index is 1.57. The molecule has 202 valence electrons. The van der Waals surface area contributed by atoms with Crippen LogP contribution >= 0.6 is 27.3 Å². The summed E-state index contributed by atoms with van der Waals surface area (Å²) in [7, 11) is 0. The molecule has 2 bridgehead atoms. The van der Waals surface area contributed by atoms with Crippen LogP contribution in [0, 0.1) is 5.92 Å². The Morgan fingerprint density at radius 3 is 2.76 bits per heavy atom. The molecule has 0 amide bonds.